The van der Waals surface area contributed by atoms with Gasteiger partial charge in [-0.05, 0) is 37.3 Å². The van der Waals surface area contributed by atoms with Crippen molar-refractivity contribution in [1.29, 1.82) is 0 Å². The third-order valence-corrected chi connectivity index (χ3v) is 5.68. The van der Waals surface area contributed by atoms with E-state index in [9.17, 15) is 9.70 Å². The van der Waals surface area contributed by atoms with Crippen molar-refractivity contribution in [2.45, 2.75) is 50.4 Å². The summed E-state index contributed by atoms with van der Waals surface area (Å²) in [5.41, 5.74) is 0.776. The highest BCUT2D eigenvalue weighted by atomic mass is 35.5. The van der Waals surface area contributed by atoms with Crippen LogP contribution in [0.1, 0.15) is 49.8 Å². The van der Waals surface area contributed by atoms with Crippen LogP contribution < -0.4 is 0 Å². The Bertz CT molecular complexity index is 859. The number of nitrogens with zero attached hydrogens (tertiary/aromatic N) is 4. The van der Waals surface area contributed by atoms with Gasteiger partial charge < -0.3 is 4.52 Å². The number of halogens is 2. The molecule has 2 aliphatic rings. The molecule has 4 rings (SSSR count). The molecule has 0 saturated heterocycles. The van der Waals surface area contributed by atoms with Gasteiger partial charge in [0.25, 0.3) is 0 Å². The van der Waals surface area contributed by atoms with Crippen LogP contribution in [0.3, 0.4) is 0 Å². The fourth-order valence-corrected chi connectivity index (χ4v) is 4.42. The summed E-state index contributed by atoms with van der Waals surface area (Å²) < 4.78 is 5.51. The molecule has 9 heteroatoms. The van der Waals surface area contributed by atoms with Crippen molar-refractivity contribution >= 4 is 34.7 Å². The number of Topliss-reactive ketones (excluding diaryl/α,β-unsaturated/α-hetero) is 1. The minimum absolute atomic E-state index is 0.144. The molecule has 2 aliphatic carbocycles. The second-order valence-corrected chi connectivity index (χ2v) is 7.19. The highest BCUT2D eigenvalue weighted by Gasteiger charge is 2.47. The van der Waals surface area contributed by atoms with Crippen molar-refractivity contribution in [3.8, 4) is 11.6 Å². The van der Waals surface area contributed by atoms with Crippen molar-refractivity contribution in [3.05, 3.63) is 26.5 Å². The van der Waals surface area contributed by atoms with Crippen LogP contribution in [-0.2, 0) is 16.6 Å². The maximum absolute atomic E-state index is 12.7. The van der Waals surface area contributed by atoms with Crippen LogP contribution in [0.5, 0.6) is 0 Å². The molecule has 2 aromatic heterocycles. The lowest BCUT2D eigenvalue weighted by Gasteiger charge is -2.37. The topological polar surface area (TPSA) is 98.3 Å². The molecule has 2 aromatic rings. The van der Waals surface area contributed by atoms with E-state index in [1.54, 1.807) is 0 Å². The average molecular weight is 381 g/mol. The average Bonchev–Trinajstić information content (AvgIpc) is 3.03. The van der Waals surface area contributed by atoms with Crippen LogP contribution in [0.25, 0.3) is 11.6 Å². The quantitative estimate of drug-likeness (QED) is 0.559. The zero-order valence-electron chi connectivity index (χ0n) is 13.2. The molecule has 1 fully saturated rings. The lowest BCUT2D eigenvalue weighted by Crippen LogP contribution is -2.41. The Morgan fingerprint density at radius 2 is 1.76 bits per heavy atom. The lowest BCUT2D eigenvalue weighted by atomic mass is 9.64. The van der Waals surface area contributed by atoms with Gasteiger partial charge in [0.05, 0.1) is 5.41 Å². The molecule has 7 nitrogen and oxygen atoms in total. The number of hydrogen-bond donors (Lipinski definition) is 0. The van der Waals surface area contributed by atoms with E-state index in [-0.39, 0.29) is 27.6 Å². The number of hydrogen-bond acceptors (Lipinski definition) is 7. The summed E-state index contributed by atoms with van der Waals surface area (Å²) in [5, 5.41) is 6.66. The van der Waals surface area contributed by atoms with Crippen LogP contribution in [-0.4, -0.2) is 20.9 Å². The summed E-state index contributed by atoms with van der Waals surface area (Å²) >= 11 is 11.9. The highest BCUT2D eigenvalue weighted by molar-refractivity contribution is 6.37. The minimum atomic E-state index is -0.550. The highest BCUT2D eigenvalue weighted by Crippen LogP contribution is 2.47. The molecule has 0 amide bonds. The van der Waals surface area contributed by atoms with Gasteiger partial charge >= 0.3 is 0 Å². The van der Waals surface area contributed by atoms with Gasteiger partial charge in [0, 0.05) is 12.0 Å². The minimum Gasteiger partial charge on any atom is -0.352 e. The zero-order chi connectivity index (χ0) is 17.6. The lowest BCUT2D eigenvalue weighted by molar-refractivity contribution is -0.127. The van der Waals surface area contributed by atoms with E-state index in [1.807, 2.05) is 0 Å². The molecule has 1 saturated carbocycles. The number of aromatic nitrogens is 3. The molecule has 25 heavy (non-hydrogen) atoms. The Kier molecular flexibility index (Phi) is 4.08. The zero-order valence-corrected chi connectivity index (χ0v) is 14.7. The number of fused-ring (bicyclic) bond motifs is 2. The summed E-state index contributed by atoms with van der Waals surface area (Å²) in [4.78, 5) is 31.5. The summed E-state index contributed by atoms with van der Waals surface area (Å²) in [7, 11) is 0. The van der Waals surface area contributed by atoms with E-state index >= 15 is 0 Å². The molecule has 0 unspecified atom stereocenters. The molecule has 1 atom stereocenters. The number of nitroso groups, excluding NO2 is 1. The van der Waals surface area contributed by atoms with E-state index in [0.29, 0.717) is 17.9 Å². The van der Waals surface area contributed by atoms with Crippen LogP contribution in [0, 0.1) is 4.91 Å². The normalized spacial score (nSPS) is 22.9. The van der Waals surface area contributed by atoms with Crippen LogP contribution >= 0.6 is 23.2 Å². The Morgan fingerprint density at radius 1 is 1.04 bits per heavy atom. The standard InChI is InChI=1S/C16H14Cl2N4O3/c17-13-10(21-24)14(18)20-15(19-13)11-8-4-3-7-16(12(8)22-25-11)6-2-1-5-9(16)23/h1-7H2/t16-/m1/s1. The number of rotatable bonds is 2. The molecular weight excluding hydrogens is 367 g/mol. The van der Waals surface area contributed by atoms with E-state index in [2.05, 4.69) is 20.3 Å². The second kappa shape index (κ2) is 6.14. The van der Waals surface area contributed by atoms with Gasteiger partial charge in [-0.15, -0.1) is 4.91 Å². The van der Waals surface area contributed by atoms with Crippen molar-refractivity contribution < 1.29 is 9.32 Å². The number of carbonyl (C=O) groups excluding carboxylic acids is 1. The fourth-order valence-electron chi connectivity index (χ4n) is 3.96. The predicted molar refractivity (Wildman–Crippen MR) is 91.1 cm³/mol. The number of carbonyl (C=O) groups is 1. The predicted octanol–water partition coefficient (Wildman–Crippen LogP) is 4.55. The smallest absolute Gasteiger partial charge is 0.207 e. The van der Waals surface area contributed by atoms with Crippen molar-refractivity contribution in [3.63, 3.8) is 0 Å². The first-order valence-electron chi connectivity index (χ1n) is 8.16. The number of ketones is 1. The van der Waals surface area contributed by atoms with E-state index in [0.717, 1.165) is 44.1 Å². The maximum Gasteiger partial charge on any atom is 0.207 e. The molecule has 1 spiro atoms. The van der Waals surface area contributed by atoms with Crippen LogP contribution in [0.15, 0.2) is 9.70 Å². The van der Waals surface area contributed by atoms with Gasteiger partial charge in [-0.2, -0.15) is 0 Å². The SMILES string of the molecule is O=Nc1c(Cl)nc(-c2onc3c2CCC[C@@]32CCCCC2=O)nc1Cl. The molecule has 0 radical (unpaired) electrons. The molecule has 130 valence electrons. The molecule has 0 aliphatic heterocycles. The Hall–Kier alpha value is -1.86. The summed E-state index contributed by atoms with van der Waals surface area (Å²) in [6.07, 6.45) is 5.67. The van der Waals surface area contributed by atoms with Crippen molar-refractivity contribution in [2.24, 2.45) is 5.18 Å². The van der Waals surface area contributed by atoms with E-state index in [1.165, 1.54) is 0 Å². The van der Waals surface area contributed by atoms with Gasteiger partial charge in [-0.3, -0.25) is 4.79 Å². The summed E-state index contributed by atoms with van der Waals surface area (Å²) in [6.45, 7) is 0. The molecular formula is C16H14Cl2N4O3. The van der Waals surface area contributed by atoms with Gasteiger partial charge in [0.2, 0.25) is 11.6 Å². The Morgan fingerprint density at radius 3 is 2.44 bits per heavy atom. The first kappa shape index (κ1) is 16.6. The van der Waals surface area contributed by atoms with Crippen molar-refractivity contribution in [2.75, 3.05) is 0 Å². The third-order valence-electron chi connectivity index (χ3n) is 5.16. The van der Waals surface area contributed by atoms with Crippen molar-refractivity contribution in [1.82, 2.24) is 15.1 Å². The van der Waals surface area contributed by atoms with E-state index in [4.69, 9.17) is 27.7 Å². The Balaban J connectivity index is 1.84. The van der Waals surface area contributed by atoms with Crippen LogP contribution in [0.2, 0.25) is 10.3 Å². The second-order valence-electron chi connectivity index (χ2n) is 6.47. The largest absolute Gasteiger partial charge is 0.352 e. The van der Waals surface area contributed by atoms with E-state index < -0.39 is 5.41 Å². The first-order chi connectivity index (χ1) is 12.1. The molecule has 0 bridgehead atoms. The molecule has 0 aromatic carbocycles. The van der Waals surface area contributed by atoms with Gasteiger partial charge in [0.1, 0.15) is 11.5 Å². The Labute approximate surface area is 153 Å². The summed E-state index contributed by atoms with van der Waals surface area (Å²) in [6, 6.07) is 0. The molecule has 0 N–H and O–H groups in total. The van der Waals surface area contributed by atoms with Gasteiger partial charge in [-0.1, -0.05) is 34.8 Å². The van der Waals surface area contributed by atoms with Gasteiger partial charge in [0.15, 0.2) is 16.0 Å². The first-order valence-corrected chi connectivity index (χ1v) is 8.91. The third kappa shape index (κ3) is 2.48. The summed E-state index contributed by atoms with van der Waals surface area (Å²) in [5.74, 6) is 0.738. The fraction of sp³-hybridized carbons (Fsp3) is 0.500. The van der Waals surface area contributed by atoms with Gasteiger partial charge in [-0.25, -0.2) is 9.97 Å². The molecule has 2 heterocycles. The van der Waals surface area contributed by atoms with Crippen LogP contribution in [0.4, 0.5) is 5.69 Å². The monoisotopic (exact) mass is 380 g/mol. The maximum atomic E-state index is 12.7.